The summed E-state index contributed by atoms with van der Waals surface area (Å²) in [5.74, 6) is 0.582. The standard InChI is InChI=1S/C15H22N4O2/c1-18(2)8-9-19-14(13(21-3)10-17-19)15(20)11-4-6-12(16)7-5-11/h4-7,10,15,20H,8-9,16H2,1-3H3. The van der Waals surface area contributed by atoms with Crippen LogP contribution in [0.3, 0.4) is 0 Å². The van der Waals surface area contributed by atoms with E-state index in [1.807, 2.05) is 26.2 Å². The molecule has 1 heterocycles. The molecule has 6 nitrogen and oxygen atoms in total. The van der Waals surface area contributed by atoms with E-state index >= 15 is 0 Å². The van der Waals surface area contributed by atoms with Crippen molar-refractivity contribution in [1.29, 1.82) is 0 Å². The molecule has 1 atom stereocenters. The van der Waals surface area contributed by atoms with Gasteiger partial charge in [0.15, 0.2) is 5.75 Å². The van der Waals surface area contributed by atoms with Gasteiger partial charge in [-0.2, -0.15) is 5.10 Å². The Morgan fingerprint density at radius 2 is 2.00 bits per heavy atom. The van der Waals surface area contributed by atoms with Gasteiger partial charge in [-0.05, 0) is 31.8 Å². The Labute approximate surface area is 124 Å². The average Bonchev–Trinajstić information content (AvgIpc) is 2.88. The van der Waals surface area contributed by atoms with Gasteiger partial charge in [-0.25, -0.2) is 0 Å². The molecule has 0 amide bonds. The lowest BCUT2D eigenvalue weighted by molar-refractivity contribution is 0.200. The number of nitrogen functional groups attached to an aromatic ring is 1. The molecule has 1 aromatic heterocycles. The Kier molecular flexibility index (Phi) is 4.82. The highest BCUT2D eigenvalue weighted by Crippen LogP contribution is 2.30. The first kappa shape index (κ1) is 15.3. The van der Waals surface area contributed by atoms with Crippen molar-refractivity contribution in [2.45, 2.75) is 12.6 Å². The number of aromatic nitrogens is 2. The van der Waals surface area contributed by atoms with E-state index in [-0.39, 0.29) is 0 Å². The zero-order chi connectivity index (χ0) is 15.4. The predicted octanol–water partition coefficient (Wildman–Crippen LogP) is 1.12. The van der Waals surface area contributed by atoms with Gasteiger partial charge in [-0.1, -0.05) is 12.1 Å². The molecule has 6 heteroatoms. The van der Waals surface area contributed by atoms with Gasteiger partial charge >= 0.3 is 0 Å². The van der Waals surface area contributed by atoms with Crippen LogP contribution >= 0.6 is 0 Å². The molecule has 0 saturated carbocycles. The maximum absolute atomic E-state index is 10.6. The topological polar surface area (TPSA) is 76.5 Å². The van der Waals surface area contributed by atoms with E-state index in [1.165, 1.54) is 0 Å². The largest absolute Gasteiger partial charge is 0.493 e. The number of nitrogens with zero attached hydrogens (tertiary/aromatic N) is 3. The molecular formula is C15H22N4O2. The summed E-state index contributed by atoms with van der Waals surface area (Å²) in [6.07, 6.45) is 0.830. The minimum atomic E-state index is -0.801. The van der Waals surface area contributed by atoms with E-state index in [1.54, 1.807) is 30.1 Å². The van der Waals surface area contributed by atoms with Crippen LogP contribution in [-0.2, 0) is 6.54 Å². The van der Waals surface area contributed by atoms with Crippen LogP contribution in [0.5, 0.6) is 5.75 Å². The first-order valence-electron chi connectivity index (χ1n) is 6.81. The molecule has 21 heavy (non-hydrogen) atoms. The zero-order valence-corrected chi connectivity index (χ0v) is 12.7. The lowest BCUT2D eigenvalue weighted by atomic mass is 10.1. The fourth-order valence-electron chi connectivity index (χ4n) is 2.12. The smallest absolute Gasteiger partial charge is 0.163 e. The fourth-order valence-corrected chi connectivity index (χ4v) is 2.12. The van der Waals surface area contributed by atoms with Crippen LogP contribution < -0.4 is 10.5 Å². The molecule has 114 valence electrons. The van der Waals surface area contributed by atoms with Crippen molar-refractivity contribution < 1.29 is 9.84 Å². The highest BCUT2D eigenvalue weighted by atomic mass is 16.5. The highest BCUT2D eigenvalue weighted by Gasteiger charge is 2.21. The van der Waals surface area contributed by atoms with Gasteiger partial charge in [0.05, 0.1) is 19.9 Å². The average molecular weight is 290 g/mol. The molecule has 0 aliphatic heterocycles. The van der Waals surface area contributed by atoms with E-state index in [2.05, 4.69) is 10.00 Å². The summed E-state index contributed by atoms with van der Waals surface area (Å²) in [6.45, 7) is 1.50. The first-order chi connectivity index (χ1) is 10.0. The Balaban J connectivity index is 2.31. The third-order valence-electron chi connectivity index (χ3n) is 3.34. The second-order valence-corrected chi connectivity index (χ2v) is 5.19. The van der Waals surface area contributed by atoms with Gasteiger partial charge < -0.3 is 20.5 Å². The van der Waals surface area contributed by atoms with Gasteiger partial charge in [-0.3, -0.25) is 4.68 Å². The van der Waals surface area contributed by atoms with Crippen molar-refractivity contribution in [2.75, 3.05) is 33.5 Å². The zero-order valence-electron chi connectivity index (χ0n) is 12.7. The summed E-state index contributed by atoms with van der Waals surface area (Å²) >= 11 is 0. The van der Waals surface area contributed by atoms with Crippen molar-refractivity contribution in [1.82, 2.24) is 14.7 Å². The van der Waals surface area contributed by atoms with Crippen LogP contribution in [-0.4, -0.2) is 47.5 Å². The number of rotatable bonds is 6. The van der Waals surface area contributed by atoms with E-state index < -0.39 is 6.10 Å². The fraction of sp³-hybridized carbons (Fsp3) is 0.400. The number of hydrogen-bond acceptors (Lipinski definition) is 5. The number of nitrogens with two attached hydrogens (primary N) is 1. The summed E-state index contributed by atoms with van der Waals surface area (Å²) in [5.41, 5.74) is 7.76. The Hall–Kier alpha value is -2.05. The molecule has 0 aliphatic rings. The van der Waals surface area contributed by atoms with E-state index in [9.17, 15) is 5.11 Å². The van der Waals surface area contributed by atoms with Gasteiger partial charge in [0.2, 0.25) is 0 Å². The van der Waals surface area contributed by atoms with Crippen LogP contribution in [0.1, 0.15) is 17.4 Å². The third-order valence-corrected chi connectivity index (χ3v) is 3.34. The van der Waals surface area contributed by atoms with Crippen molar-refractivity contribution in [3.8, 4) is 5.75 Å². The molecule has 0 saturated heterocycles. The highest BCUT2D eigenvalue weighted by molar-refractivity contribution is 5.42. The van der Waals surface area contributed by atoms with Gasteiger partial charge in [0.1, 0.15) is 11.8 Å². The third kappa shape index (κ3) is 3.53. The van der Waals surface area contributed by atoms with E-state index in [0.29, 0.717) is 23.7 Å². The number of methoxy groups -OCH3 is 1. The second-order valence-electron chi connectivity index (χ2n) is 5.19. The number of anilines is 1. The molecule has 0 fully saturated rings. The normalized spacial score (nSPS) is 12.6. The summed E-state index contributed by atoms with van der Waals surface area (Å²) < 4.78 is 7.10. The molecule has 3 N–H and O–H groups in total. The molecular weight excluding hydrogens is 268 g/mol. The number of hydrogen-bond donors (Lipinski definition) is 2. The van der Waals surface area contributed by atoms with Crippen molar-refractivity contribution in [3.63, 3.8) is 0 Å². The van der Waals surface area contributed by atoms with Crippen LogP contribution in [0.2, 0.25) is 0 Å². The lowest BCUT2D eigenvalue weighted by Crippen LogP contribution is -2.21. The molecule has 2 rings (SSSR count). The SMILES string of the molecule is COc1cnn(CCN(C)C)c1C(O)c1ccc(N)cc1. The Morgan fingerprint density at radius 1 is 1.33 bits per heavy atom. The minimum Gasteiger partial charge on any atom is -0.493 e. The van der Waals surface area contributed by atoms with Crippen molar-refractivity contribution in [2.24, 2.45) is 0 Å². The Bertz CT molecular complexity index is 578. The minimum absolute atomic E-state index is 0.582. The lowest BCUT2D eigenvalue weighted by Gasteiger charge is -2.17. The van der Waals surface area contributed by atoms with Gasteiger partial charge in [-0.15, -0.1) is 0 Å². The van der Waals surface area contributed by atoms with Crippen molar-refractivity contribution in [3.05, 3.63) is 41.7 Å². The number of benzene rings is 1. The van der Waals surface area contributed by atoms with Crippen LogP contribution in [0, 0.1) is 0 Å². The Morgan fingerprint density at radius 3 is 2.57 bits per heavy atom. The number of likely N-dealkylation sites (N-methyl/N-ethyl adjacent to an activating group) is 1. The molecule has 0 spiro atoms. The summed E-state index contributed by atoms with van der Waals surface area (Å²) in [7, 11) is 5.57. The van der Waals surface area contributed by atoms with Gasteiger partial charge in [0.25, 0.3) is 0 Å². The summed E-state index contributed by atoms with van der Waals surface area (Å²) in [6, 6.07) is 7.16. The maximum Gasteiger partial charge on any atom is 0.163 e. The number of aliphatic hydroxyl groups excluding tert-OH is 1. The molecule has 2 aromatic rings. The maximum atomic E-state index is 10.6. The molecule has 1 unspecified atom stereocenters. The summed E-state index contributed by atoms with van der Waals surface area (Å²) in [5, 5.41) is 14.9. The van der Waals surface area contributed by atoms with E-state index in [4.69, 9.17) is 10.5 Å². The van der Waals surface area contributed by atoms with E-state index in [0.717, 1.165) is 12.1 Å². The second kappa shape index (κ2) is 6.60. The predicted molar refractivity (Wildman–Crippen MR) is 82.2 cm³/mol. The molecule has 0 aliphatic carbocycles. The summed E-state index contributed by atoms with van der Waals surface area (Å²) in [4.78, 5) is 2.06. The first-order valence-corrected chi connectivity index (χ1v) is 6.81. The van der Waals surface area contributed by atoms with Crippen molar-refractivity contribution >= 4 is 5.69 Å². The van der Waals surface area contributed by atoms with Crippen LogP contribution in [0.4, 0.5) is 5.69 Å². The van der Waals surface area contributed by atoms with Crippen LogP contribution in [0.15, 0.2) is 30.5 Å². The number of aliphatic hydroxyl groups is 1. The quantitative estimate of drug-likeness (QED) is 0.780. The molecule has 0 radical (unpaired) electrons. The molecule has 0 bridgehead atoms. The van der Waals surface area contributed by atoms with Crippen LogP contribution in [0.25, 0.3) is 0 Å². The number of ether oxygens (including phenoxy) is 1. The molecule has 1 aromatic carbocycles. The monoisotopic (exact) mass is 290 g/mol. The van der Waals surface area contributed by atoms with Gasteiger partial charge in [0, 0.05) is 12.2 Å².